The number of aromatic nitrogens is 5. The van der Waals surface area contributed by atoms with E-state index in [1.165, 1.54) is 5.69 Å². The van der Waals surface area contributed by atoms with Gasteiger partial charge in [0.15, 0.2) is 5.16 Å². The first-order valence-corrected chi connectivity index (χ1v) is 7.36. The lowest BCUT2D eigenvalue weighted by molar-refractivity contribution is 0.557. The van der Waals surface area contributed by atoms with Gasteiger partial charge in [-0.2, -0.15) is 5.10 Å². The minimum atomic E-state index is 0.259. The van der Waals surface area contributed by atoms with Crippen LogP contribution in [0.5, 0.6) is 0 Å². The van der Waals surface area contributed by atoms with E-state index in [1.54, 1.807) is 11.8 Å². The lowest BCUT2D eigenvalue weighted by Crippen LogP contribution is -2.07. The molecule has 0 aliphatic carbocycles. The summed E-state index contributed by atoms with van der Waals surface area (Å²) in [6.07, 6.45) is 0.952. The second-order valence-corrected chi connectivity index (χ2v) is 5.64. The first-order chi connectivity index (χ1) is 9.02. The van der Waals surface area contributed by atoms with Gasteiger partial charge in [-0.3, -0.25) is 9.25 Å². The van der Waals surface area contributed by atoms with Crippen LogP contribution in [0, 0.1) is 0 Å². The summed E-state index contributed by atoms with van der Waals surface area (Å²) in [4.78, 5) is 0. The van der Waals surface area contributed by atoms with Crippen molar-refractivity contribution in [2.24, 2.45) is 7.05 Å². The van der Waals surface area contributed by atoms with Gasteiger partial charge < -0.3 is 5.73 Å². The van der Waals surface area contributed by atoms with Crippen LogP contribution < -0.4 is 5.73 Å². The van der Waals surface area contributed by atoms with Crippen LogP contribution in [0.3, 0.4) is 0 Å². The third-order valence-electron chi connectivity index (χ3n) is 2.95. The number of hydrogen-bond acceptors (Lipinski definition) is 5. The van der Waals surface area contributed by atoms with E-state index in [0.717, 1.165) is 23.0 Å². The Bertz CT molecular complexity index is 557. The second kappa shape index (κ2) is 5.64. The van der Waals surface area contributed by atoms with Crippen LogP contribution in [0.1, 0.15) is 38.2 Å². The highest BCUT2D eigenvalue weighted by atomic mass is 32.2. The van der Waals surface area contributed by atoms with E-state index in [0.29, 0.717) is 5.95 Å². The predicted octanol–water partition coefficient (Wildman–Crippen LogP) is 2.03. The molecular weight excluding hydrogens is 260 g/mol. The molecule has 2 aromatic heterocycles. The zero-order chi connectivity index (χ0) is 14.0. The number of hydrogen-bond donors (Lipinski definition) is 1. The van der Waals surface area contributed by atoms with E-state index in [9.17, 15) is 0 Å². The van der Waals surface area contributed by atoms with Gasteiger partial charge >= 0.3 is 0 Å². The van der Waals surface area contributed by atoms with Gasteiger partial charge in [-0.15, -0.1) is 10.2 Å². The molecule has 2 heterocycles. The number of aryl methyl sites for hydroxylation is 2. The third-order valence-corrected chi connectivity index (χ3v) is 3.92. The second-order valence-electron chi connectivity index (χ2n) is 4.70. The molecule has 7 heteroatoms. The summed E-state index contributed by atoms with van der Waals surface area (Å²) in [5, 5.41) is 13.4. The maximum Gasteiger partial charge on any atom is 0.222 e. The Labute approximate surface area is 117 Å². The van der Waals surface area contributed by atoms with E-state index in [4.69, 9.17) is 5.73 Å². The van der Waals surface area contributed by atoms with Crippen molar-refractivity contribution in [1.29, 1.82) is 0 Å². The molecule has 19 heavy (non-hydrogen) atoms. The van der Waals surface area contributed by atoms with Crippen LogP contribution in [-0.4, -0.2) is 24.5 Å². The number of nitrogens with two attached hydrogens (primary N) is 1. The van der Waals surface area contributed by atoms with Gasteiger partial charge in [0.25, 0.3) is 0 Å². The van der Waals surface area contributed by atoms with E-state index in [1.807, 2.05) is 16.3 Å². The summed E-state index contributed by atoms with van der Waals surface area (Å²) in [6, 6.07) is 2.39. The largest absolute Gasteiger partial charge is 0.368 e. The van der Waals surface area contributed by atoms with Crippen molar-refractivity contribution in [3.8, 4) is 0 Å². The molecule has 0 fully saturated rings. The molecule has 0 atom stereocenters. The summed E-state index contributed by atoms with van der Waals surface area (Å²) >= 11 is 1.64. The van der Waals surface area contributed by atoms with Gasteiger partial charge in [0, 0.05) is 24.5 Å². The number of nitrogen functional groups attached to an aromatic ring is 1. The van der Waals surface area contributed by atoms with Crippen molar-refractivity contribution in [3.05, 3.63) is 17.5 Å². The molecule has 2 rings (SSSR count). The Morgan fingerprint density at radius 3 is 2.68 bits per heavy atom. The topological polar surface area (TPSA) is 74.5 Å². The summed E-state index contributed by atoms with van der Waals surface area (Å²) < 4.78 is 3.87. The fourth-order valence-corrected chi connectivity index (χ4v) is 2.98. The zero-order valence-electron chi connectivity index (χ0n) is 11.8. The summed E-state index contributed by atoms with van der Waals surface area (Å²) in [5.41, 5.74) is 8.12. The Hall–Kier alpha value is -1.50. The SMILES string of the molecule is CCc1cc(CSc2nnc(N)n2C(C)C)n(C)n1. The molecule has 0 radical (unpaired) electrons. The molecule has 0 aliphatic rings. The summed E-state index contributed by atoms with van der Waals surface area (Å²) in [6.45, 7) is 6.25. The van der Waals surface area contributed by atoms with E-state index >= 15 is 0 Å². The zero-order valence-corrected chi connectivity index (χ0v) is 12.6. The van der Waals surface area contributed by atoms with Gasteiger partial charge in [0.1, 0.15) is 0 Å². The molecule has 0 aliphatic heterocycles. The molecule has 0 spiro atoms. The fraction of sp³-hybridized carbons (Fsp3) is 0.583. The molecule has 2 N–H and O–H groups in total. The molecule has 0 unspecified atom stereocenters. The highest BCUT2D eigenvalue weighted by molar-refractivity contribution is 7.98. The molecule has 0 saturated carbocycles. The minimum Gasteiger partial charge on any atom is -0.368 e. The molecular formula is C12H20N6S. The Morgan fingerprint density at radius 2 is 2.11 bits per heavy atom. The third kappa shape index (κ3) is 2.91. The lowest BCUT2D eigenvalue weighted by atomic mass is 10.3. The van der Waals surface area contributed by atoms with Gasteiger partial charge in [0.05, 0.1) is 5.69 Å². The standard InChI is InChI=1S/C12H20N6S/c1-5-9-6-10(17(4)16-9)7-19-12-15-14-11(13)18(12)8(2)3/h6,8H,5,7H2,1-4H3,(H2,13,14). The molecule has 2 aromatic rings. The van der Waals surface area contributed by atoms with Gasteiger partial charge in [-0.25, -0.2) is 0 Å². The van der Waals surface area contributed by atoms with Crippen LogP contribution >= 0.6 is 11.8 Å². The maximum atomic E-state index is 5.83. The predicted molar refractivity (Wildman–Crippen MR) is 77.0 cm³/mol. The van der Waals surface area contributed by atoms with Crippen LogP contribution in [-0.2, 0) is 19.2 Å². The molecule has 104 valence electrons. The van der Waals surface area contributed by atoms with Gasteiger partial charge in [0.2, 0.25) is 5.95 Å². The van der Waals surface area contributed by atoms with E-state index in [2.05, 4.69) is 42.1 Å². The Balaban J connectivity index is 2.12. The molecule has 0 amide bonds. The average molecular weight is 280 g/mol. The number of anilines is 1. The first-order valence-electron chi connectivity index (χ1n) is 6.37. The molecule has 6 nitrogen and oxygen atoms in total. The highest BCUT2D eigenvalue weighted by Crippen LogP contribution is 2.25. The molecule has 0 saturated heterocycles. The number of thioether (sulfide) groups is 1. The number of nitrogens with zero attached hydrogens (tertiary/aromatic N) is 5. The molecule has 0 aromatic carbocycles. The van der Waals surface area contributed by atoms with Crippen LogP contribution in [0.15, 0.2) is 11.2 Å². The lowest BCUT2D eigenvalue weighted by Gasteiger charge is -2.11. The van der Waals surface area contributed by atoms with Crippen molar-refractivity contribution in [2.75, 3.05) is 5.73 Å². The van der Waals surface area contributed by atoms with Gasteiger partial charge in [-0.05, 0) is 26.3 Å². The maximum absolute atomic E-state index is 5.83. The van der Waals surface area contributed by atoms with Crippen LogP contribution in [0.4, 0.5) is 5.95 Å². The smallest absolute Gasteiger partial charge is 0.222 e. The molecule has 0 bridgehead atoms. The average Bonchev–Trinajstić information content (AvgIpc) is 2.90. The first kappa shape index (κ1) is 13.9. The van der Waals surface area contributed by atoms with E-state index in [-0.39, 0.29) is 6.04 Å². The van der Waals surface area contributed by atoms with Crippen molar-refractivity contribution in [2.45, 2.75) is 44.1 Å². The van der Waals surface area contributed by atoms with Crippen LogP contribution in [0.25, 0.3) is 0 Å². The number of rotatable bonds is 5. The minimum absolute atomic E-state index is 0.259. The van der Waals surface area contributed by atoms with Crippen molar-refractivity contribution in [1.82, 2.24) is 24.5 Å². The quantitative estimate of drug-likeness (QED) is 0.848. The normalized spacial score (nSPS) is 11.4. The fourth-order valence-electron chi connectivity index (χ4n) is 1.89. The van der Waals surface area contributed by atoms with Crippen molar-refractivity contribution < 1.29 is 0 Å². The Kier molecular flexibility index (Phi) is 4.14. The van der Waals surface area contributed by atoms with Crippen molar-refractivity contribution in [3.63, 3.8) is 0 Å². The van der Waals surface area contributed by atoms with Crippen molar-refractivity contribution >= 4 is 17.7 Å². The van der Waals surface area contributed by atoms with E-state index < -0.39 is 0 Å². The van der Waals surface area contributed by atoms with Crippen LogP contribution in [0.2, 0.25) is 0 Å². The summed E-state index contributed by atoms with van der Waals surface area (Å²) in [5.74, 6) is 1.28. The monoisotopic (exact) mass is 280 g/mol. The van der Waals surface area contributed by atoms with Gasteiger partial charge in [-0.1, -0.05) is 18.7 Å². The Morgan fingerprint density at radius 1 is 1.37 bits per heavy atom. The highest BCUT2D eigenvalue weighted by Gasteiger charge is 2.14. The summed E-state index contributed by atoms with van der Waals surface area (Å²) in [7, 11) is 1.97.